The number of hydrogen-bond acceptors (Lipinski definition) is 17. The van der Waals surface area contributed by atoms with Crippen LogP contribution in [0.25, 0.3) is 0 Å². The second-order valence-corrected chi connectivity index (χ2v) is 17.8. The van der Waals surface area contributed by atoms with Crippen molar-refractivity contribution in [2.75, 3.05) is 0 Å². The monoisotopic (exact) mass is 1860 g/mol. The zero-order valence-corrected chi connectivity index (χ0v) is 83.2. The molecule has 0 unspecified atom stereocenters. The van der Waals surface area contributed by atoms with Gasteiger partial charge in [0, 0.05) is 0 Å². The molecule has 0 spiro atoms. The Bertz CT molecular complexity index is 433. The molecule has 0 saturated heterocycles. The van der Waals surface area contributed by atoms with Gasteiger partial charge in [-0.25, -0.2) is 0 Å². The first kappa shape index (κ1) is 308. The molecule has 0 atom stereocenters. The average Bonchev–Trinajstić information content (AvgIpc) is 2.87. The molecule has 0 heterocycles. The van der Waals surface area contributed by atoms with Crippen LogP contribution in [0.5, 0.6) is 0 Å². The smallest absolute Gasteiger partial charge is 2.00 e. The normalized spacial score (nSPS) is 6.44. The van der Waals surface area contributed by atoms with E-state index in [0.29, 0.717) is 0 Å². The predicted octanol–water partition coefficient (Wildman–Crippen LogP) is -9.23. The fraction of sp³-hybridized carbons (Fsp3) is 1.00. The molecule has 562 valence electrons. The molecular formula is C51H119BrMgO31Ti11. The standard InChI is InChI=1S/17C3H7O.BrH.Mg.14O.11Ti/c17*1-3(2)4;;;;;;;;;;;;;;;;;;;;;;;;;;;/h17*3H,1-2H3;1H;;;;;;;;;;;;;;;;;;;;;;;;;;/q17*-1;;+2;14*-2;11*+4/p-1. The van der Waals surface area contributed by atoms with Crippen LogP contribution in [0.15, 0.2) is 0 Å². The summed E-state index contributed by atoms with van der Waals surface area (Å²) in [6, 6.07) is 0. The van der Waals surface area contributed by atoms with Crippen LogP contribution in [0, 0.1) is 0 Å². The Labute approximate surface area is 771 Å². The van der Waals surface area contributed by atoms with Gasteiger partial charge in [-0.3, -0.25) is 0 Å². The molecule has 31 nitrogen and oxygen atoms in total. The Morgan fingerprint density at radius 1 is 0.105 bits per heavy atom. The van der Waals surface area contributed by atoms with Crippen LogP contribution >= 0.6 is 0 Å². The average molecular weight is 1860 g/mol. The van der Waals surface area contributed by atoms with Crippen LogP contribution in [-0.4, -0.2) is 127 Å². The van der Waals surface area contributed by atoms with Crippen LogP contribution in [0.1, 0.15) is 235 Å². The van der Waals surface area contributed by atoms with Crippen molar-refractivity contribution >= 4 is 23.1 Å². The van der Waals surface area contributed by atoms with Gasteiger partial charge in [0.15, 0.2) is 0 Å². The molecule has 0 bridgehead atoms. The van der Waals surface area contributed by atoms with Crippen molar-refractivity contribution in [2.45, 2.75) is 339 Å². The van der Waals surface area contributed by atoms with E-state index in [1.807, 2.05) is 0 Å². The number of halogens is 1. The van der Waals surface area contributed by atoms with Crippen LogP contribution < -0.4 is 104 Å². The Balaban J connectivity index is -0.00000000681. The van der Waals surface area contributed by atoms with Gasteiger partial charge in [0.05, 0.1) is 0 Å². The maximum Gasteiger partial charge on any atom is 4.00 e. The topological polar surface area (TPSA) is 791 Å². The van der Waals surface area contributed by atoms with Gasteiger partial charge < -0.3 is 180 Å². The van der Waals surface area contributed by atoms with E-state index in [1.165, 1.54) is 0 Å². The molecule has 0 fully saturated rings. The van der Waals surface area contributed by atoms with Crippen molar-refractivity contribution in [3.8, 4) is 0 Å². The third-order valence-corrected chi connectivity index (χ3v) is 0. The Kier molecular flexibility index (Phi) is 970. The first-order chi connectivity index (χ1) is 29.4. The van der Waals surface area contributed by atoms with Crippen molar-refractivity contribution < 1.29 is 419 Å². The first-order valence-electron chi connectivity index (χ1n) is 23.6. The first-order valence-corrected chi connectivity index (χ1v) is 23.6. The minimum Gasteiger partial charge on any atom is -2.00 e. The Morgan fingerprint density at radius 3 is 0.105 bits per heavy atom. The van der Waals surface area contributed by atoms with Crippen LogP contribution in [0.4, 0.5) is 0 Å². The van der Waals surface area contributed by atoms with E-state index in [-0.39, 0.29) is 356 Å². The summed E-state index contributed by atoms with van der Waals surface area (Å²) in [6.07, 6.45) is -7.08. The van der Waals surface area contributed by atoms with E-state index in [0.717, 1.165) is 0 Å². The Morgan fingerprint density at radius 2 is 0.105 bits per heavy atom. The van der Waals surface area contributed by atoms with E-state index >= 15 is 0 Å². The largest absolute Gasteiger partial charge is 4.00 e. The fourth-order valence-electron chi connectivity index (χ4n) is 0. The SMILES string of the molecule is CC(C)[O-].CC(C)[O-].CC(C)[O-].CC(C)[O-].CC(C)[O-].CC(C)[O-].CC(C)[O-].CC(C)[O-].CC(C)[O-].CC(C)[O-].CC(C)[O-].CC(C)[O-].CC(C)[O-].CC(C)[O-].CC(C)[O-].CC(C)[O-].CC(C)[O-].[Br-].[Mg+2].[O-2].[O-2].[O-2].[O-2].[O-2].[O-2].[O-2].[O-2].[O-2].[O-2].[O-2].[O-2].[O-2].[O-2].[Ti+4].[Ti+4].[Ti+4].[Ti+4].[Ti+4].[Ti+4].[Ti+4].[Ti+4].[Ti+4].[Ti+4].[Ti+4]. The summed E-state index contributed by atoms with van der Waals surface area (Å²) in [7, 11) is 0. The molecule has 95 heavy (non-hydrogen) atoms. The molecule has 0 aromatic carbocycles. The molecule has 0 amide bonds. The van der Waals surface area contributed by atoms with Crippen LogP contribution in [0.2, 0.25) is 0 Å². The van der Waals surface area contributed by atoms with Crippen LogP contribution in [0.3, 0.4) is 0 Å². The molecule has 0 aromatic heterocycles. The summed E-state index contributed by atoms with van der Waals surface area (Å²) >= 11 is 0. The molecule has 0 rings (SSSR count). The van der Waals surface area contributed by atoms with Gasteiger partial charge in [0.2, 0.25) is 0 Å². The summed E-state index contributed by atoms with van der Waals surface area (Å²) in [5, 5.41) is 162. The molecule has 0 aliphatic heterocycles. The number of rotatable bonds is 0. The van der Waals surface area contributed by atoms with E-state index in [4.69, 9.17) is 0 Å². The van der Waals surface area contributed by atoms with Crippen LogP contribution in [-0.2, 0) is 316 Å². The summed E-state index contributed by atoms with van der Waals surface area (Å²) in [6.45, 7) is 54.8. The van der Waals surface area contributed by atoms with Gasteiger partial charge in [0.1, 0.15) is 0 Å². The zero-order valence-electron chi connectivity index (χ0n) is 63.1. The van der Waals surface area contributed by atoms with Crippen molar-refractivity contribution in [2.24, 2.45) is 0 Å². The van der Waals surface area contributed by atoms with Crippen molar-refractivity contribution in [1.29, 1.82) is 0 Å². The van der Waals surface area contributed by atoms with Crippen molar-refractivity contribution in [3.63, 3.8) is 0 Å². The fourth-order valence-corrected chi connectivity index (χ4v) is 0. The van der Waals surface area contributed by atoms with Gasteiger partial charge in [0.25, 0.3) is 0 Å². The molecule has 44 heteroatoms. The second kappa shape index (κ2) is 299. The number of hydrogen-bond donors (Lipinski definition) is 0. The third-order valence-electron chi connectivity index (χ3n) is 0. The van der Waals surface area contributed by atoms with E-state index in [1.54, 1.807) is 235 Å². The summed E-state index contributed by atoms with van der Waals surface area (Å²) in [5.41, 5.74) is 0. The Hall–Kier alpha value is 7.86. The minimum absolute atomic E-state index is 0. The quantitative estimate of drug-likeness (QED) is 0.203. The molecule has 0 aliphatic carbocycles. The van der Waals surface area contributed by atoms with Crippen molar-refractivity contribution in [1.82, 2.24) is 0 Å². The van der Waals surface area contributed by atoms with Gasteiger partial charge in [-0.05, 0) is 0 Å². The van der Waals surface area contributed by atoms with Gasteiger partial charge in [-0.2, -0.15) is 0 Å². The molecule has 0 saturated carbocycles. The van der Waals surface area contributed by atoms with E-state index in [2.05, 4.69) is 0 Å². The van der Waals surface area contributed by atoms with Crippen molar-refractivity contribution in [3.05, 3.63) is 0 Å². The van der Waals surface area contributed by atoms with Gasteiger partial charge in [-0.15, -0.1) is 104 Å². The second-order valence-electron chi connectivity index (χ2n) is 17.8. The molecule has 0 N–H and O–H groups in total. The zero-order chi connectivity index (χ0) is 60.8. The third kappa shape index (κ3) is 16400. The van der Waals surface area contributed by atoms with Gasteiger partial charge in [-0.1, -0.05) is 235 Å². The summed E-state index contributed by atoms with van der Waals surface area (Å²) in [4.78, 5) is 0. The maximum atomic E-state index is 9.53. The molecular weight excluding hydrogens is 1740 g/mol. The summed E-state index contributed by atoms with van der Waals surface area (Å²) in [5.74, 6) is 0. The molecule has 0 radical (unpaired) electrons. The summed E-state index contributed by atoms with van der Waals surface area (Å²) < 4.78 is 0. The van der Waals surface area contributed by atoms with E-state index in [9.17, 15) is 86.8 Å². The predicted molar refractivity (Wildman–Crippen MR) is 273 cm³/mol. The van der Waals surface area contributed by atoms with Gasteiger partial charge >= 0.3 is 262 Å². The van der Waals surface area contributed by atoms with E-state index < -0.39 is 104 Å². The molecule has 0 aromatic rings. The maximum absolute atomic E-state index is 9.53. The minimum atomic E-state index is -0.417. The molecule has 0 aliphatic rings.